The highest BCUT2D eigenvalue weighted by atomic mass is 16.6. The zero-order valence-corrected chi connectivity index (χ0v) is 12.2. The van der Waals surface area contributed by atoms with Gasteiger partial charge in [-0.15, -0.1) is 0 Å². The summed E-state index contributed by atoms with van der Waals surface area (Å²) in [5.41, 5.74) is 7.49. The Morgan fingerprint density at radius 3 is 2.65 bits per heavy atom. The van der Waals surface area contributed by atoms with Crippen LogP contribution in [0.5, 0.6) is 11.5 Å². The third-order valence-corrected chi connectivity index (χ3v) is 4.33. The van der Waals surface area contributed by atoms with Crippen molar-refractivity contribution in [1.82, 2.24) is 4.90 Å². The second-order valence-electron chi connectivity index (χ2n) is 5.99. The third-order valence-electron chi connectivity index (χ3n) is 4.33. The van der Waals surface area contributed by atoms with Gasteiger partial charge in [0.05, 0.1) is 0 Å². The molecule has 110 valence electrons. The first-order chi connectivity index (χ1) is 9.72. The van der Waals surface area contributed by atoms with E-state index in [1.807, 2.05) is 12.1 Å². The van der Waals surface area contributed by atoms with Crippen LogP contribution in [0.15, 0.2) is 18.2 Å². The van der Waals surface area contributed by atoms with Gasteiger partial charge in [0.2, 0.25) is 0 Å². The van der Waals surface area contributed by atoms with E-state index in [0.29, 0.717) is 13.2 Å². The van der Waals surface area contributed by atoms with Gasteiger partial charge in [0, 0.05) is 12.6 Å². The van der Waals surface area contributed by atoms with Crippen molar-refractivity contribution in [3.63, 3.8) is 0 Å². The van der Waals surface area contributed by atoms with Gasteiger partial charge >= 0.3 is 0 Å². The molecule has 20 heavy (non-hydrogen) atoms. The molecule has 0 aliphatic carbocycles. The van der Waals surface area contributed by atoms with Crippen LogP contribution < -0.4 is 15.2 Å². The number of nitrogens with zero attached hydrogens (tertiary/aromatic N) is 1. The number of rotatable bonds is 3. The summed E-state index contributed by atoms with van der Waals surface area (Å²) in [6, 6.07) is 6.11. The van der Waals surface area contributed by atoms with Crippen LogP contribution in [0.1, 0.15) is 31.4 Å². The Hall–Kier alpha value is -1.26. The minimum Gasteiger partial charge on any atom is -0.486 e. The maximum atomic E-state index is 6.36. The first kappa shape index (κ1) is 13.7. The molecule has 2 aliphatic rings. The Labute approximate surface area is 120 Å². The van der Waals surface area contributed by atoms with Gasteiger partial charge in [-0.25, -0.2) is 0 Å². The van der Waals surface area contributed by atoms with E-state index in [2.05, 4.69) is 17.9 Å². The first-order valence-corrected chi connectivity index (χ1v) is 7.60. The van der Waals surface area contributed by atoms with Crippen LogP contribution in [0.2, 0.25) is 0 Å². The molecule has 4 heteroatoms. The molecule has 1 fully saturated rings. The molecule has 2 N–H and O–H groups in total. The van der Waals surface area contributed by atoms with Crippen molar-refractivity contribution in [2.75, 3.05) is 32.8 Å². The second-order valence-corrected chi connectivity index (χ2v) is 5.99. The Balaban J connectivity index is 1.63. The molecule has 1 saturated heterocycles. The van der Waals surface area contributed by atoms with Gasteiger partial charge in [0.25, 0.3) is 0 Å². The Morgan fingerprint density at radius 2 is 1.90 bits per heavy atom. The molecule has 1 aromatic rings. The molecule has 2 heterocycles. The minimum absolute atomic E-state index is 0.0410. The third kappa shape index (κ3) is 3.07. The van der Waals surface area contributed by atoms with Crippen LogP contribution in [-0.2, 0) is 0 Å². The normalized spacial score (nSPS) is 21.7. The minimum atomic E-state index is 0.0410. The van der Waals surface area contributed by atoms with Crippen LogP contribution in [0.4, 0.5) is 0 Å². The Morgan fingerprint density at radius 1 is 1.20 bits per heavy atom. The van der Waals surface area contributed by atoms with Crippen molar-refractivity contribution in [1.29, 1.82) is 0 Å². The summed E-state index contributed by atoms with van der Waals surface area (Å²) in [5.74, 6) is 2.52. The van der Waals surface area contributed by atoms with Crippen molar-refractivity contribution in [2.45, 2.75) is 25.8 Å². The van der Waals surface area contributed by atoms with Crippen molar-refractivity contribution in [3.05, 3.63) is 23.8 Å². The molecule has 0 aromatic heterocycles. The molecule has 0 amide bonds. The largest absolute Gasteiger partial charge is 0.486 e. The first-order valence-electron chi connectivity index (χ1n) is 7.60. The monoisotopic (exact) mass is 276 g/mol. The number of likely N-dealkylation sites (tertiary alicyclic amines) is 1. The Bertz CT molecular complexity index is 456. The lowest BCUT2D eigenvalue weighted by Crippen LogP contribution is -2.38. The molecule has 0 radical (unpaired) electrons. The lowest BCUT2D eigenvalue weighted by atomic mass is 9.98. The van der Waals surface area contributed by atoms with Crippen molar-refractivity contribution >= 4 is 0 Å². The molecule has 2 aliphatic heterocycles. The topological polar surface area (TPSA) is 47.7 Å². The second kappa shape index (κ2) is 6.02. The average molecular weight is 276 g/mol. The lowest BCUT2D eigenvalue weighted by Gasteiger charge is -2.32. The summed E-state index contributed by atoms with van der Waals surface area (Å²) in [7, 11) is 0. The summed E-state index contributed by atoms with van der Waals surface area (Å²) in [6.07, 6.45) is 2.57. The number of fused-ring (bicyclic) bond motifs is 1. The number of ether oxygens (including phenoxy) is 2. The highest BCUT2D eigenvalue weighted by molar-refractivity contribution is 5.44. The van der Waals surface area contributed by atoms with Crippen molar-refractivity contribution in [3.8, 4) is 11.5 Å². The zero-order chi connectivity index (χ0) is 13.9. The molecule has 3 rings (SSSR count). The molecular weight excluding hydrogens is 252 g/mol. The quantitative estimate of drug-likeness (QED) is 0.919. The van der Waals surface area contributed by atoms with Crippen LogP contribution in [0, 0.1) is 5.92 Å². The number of hydrogen-bond acceptors (Lipinski definition) is 4. The van der Waals surface area contributed by atoms with E-state index in [0.717, 1.165) is 29.5 Å². The molecule has 4 nitrogen and oxygen atoms in total. The van der Waals surface area contributed by atoms with Gasteiger partial charge in [-0.2, -0.15) is 0 Å². The van der Waals surface area contributed by atoms with Gasteiger partial charge in [-0.05, 0) is 49.5 Å². The molecule has 1 aromatic carbocycles. The van der Waals surface area contributed by atoms with Gasteiger partial charge < -0.3 is 20.1 Å². The van der Waals surface area contributed by atoms with Gasteiger partial charge in [-0.1, -0.05) is 13.0 Å². The maximum Gasteiger partial charge on any atom is 0.161 e. The number of benzene rings is 1. The number of hydrogen-bond donors (Lipinski definition) is 1. The molecule has 0 bridgehead atoms. The molecule has 1 unspecified atom stereocenters. The zero-order valence-electron chi connectivity index (χ0n) is 12.2. The fourth-order valence-electron chi connectivity index (χ4n) is 2.92. The smallest absolute Gasteiger partial charge is 0.161 e. The van der Waals surface area contributed by atoms with E-state index in [-0.39, 0.29) is 6.04 Å². The van der Waals surface area contributed by atoms with Crippen LogP contribution in [0.25, 0.3) is 0 Å². The summed E-state index contributed by atoms with van der Waals surface area (Å²) in [6.45, 7) is 6.84. The van der Waals surface area contributed by atoms with Gasteiger partial charge in [0.15, 0.2) is 11.5 Å². The van der Waals surface area contributed by atoms with E-state index >= 15 is 0 Å². The highest BCUT2D eigenvalue weighted by Gasteiger charge is 2.20. The summed E-state index contributed by atoms with van der Waals surface area (Å²) in [4.78, 5) is 2.47. The van der Waals surface area contributed by atoms with E-state index in [1.54, 1.807) is 0 Å². The SMILES string of the molecule is CC1CCN(CC(N)c2ccc3c(c2)OCCO3)CC1. The van der Waals surface area contributed by atoms with Crippen LogP contribution >= 0.6 is 0 Å². The van der Waals surface area contributed by atoms with Crippen molar-refractivity contribution in [2.24, 2.45) is 11.7 Å². The average Bonchev–Trinajstić information content (AvgIpc) is 2.49. The Kier molecular flexibility index (Phi) is 4.13. The van der Waals surface area contributed by atoms with Gasteiger partial charge in [-0.3, -0.25) is 0 Å². The number of nitrogens with two attached hydrogens (primary N) is 1. The molecule has 0 saturated carbocycles. The summed E-state index contributed by atoms with van der Waals surface area (Å²) in [5, 5.41) is 0. The highest BCUT2D eigenvalue weighted by Crippen LogP contribution is 2.32. The summed E-state index contributed by atoms with van der Waals surface area (Å²) < 4.78 is 11.2. The van der Waals surface area contributed by atoms with Crippen molar-refractivity contribution < 1.29 is 9.47 Å². The summed E-state index contributed by atoms with van der Waals surface area (Å²) >= 11 is 0. The fourth-order valence-corrected chi connectivity index (χ4v) is 2.92. The molecule has 1 atom stereocenters. The van der Waals surface area contributed by atoms with Crippen LogP contribution in [0.3, 0.4) is 0 Å². The lowest BCUT2D eigenvalue weighted by molar-refractivity contribution is 0.170. The predicted octanol–water partition coefficient (Wildman–Crippen LogP) is 2.19. The fraction of sp³-hybridized carbons (Fsp3) is 0.625. The van der Waals surface area contributed by atoms with E-state index in [1.165, 1.54) is 25.9 Å². The predicted molar refractivity (Wildman–Crippen MR) is 79.2 cm³/mol. The van der Waals surface area contributed by atoms with Gasteiger partial charge in [0.1, 0.15) is 13.2 Å². The van der Waals surface area contributed by atoms with Crippen LogP contribution in [-0.4, -0.2) is 37.7 Å². The van der Waals surface area contributed by atoms with E-state index < -0.39 is 0 Å². The standard InChI is InChI=1S/C16H24N2O2/c1-12-4-6-18(7-5-12)11-14(17)13-2-3-15-16(10-13)20-9-8-19-15/h2-3,10,12,14H,4-9,11,17H2,1H3. The molecule has 0 spiro atoms. The maximum absolute atomic E-state index is 6.36. The van der Waals surface area contributed by atoms with E-state index in [9.17, 15) is 0 Å². The van der Waals surface area contributed by atoms with E-state index in [4.69, 9.17) is 15.2 Å². The number of piperidine rings is 1. The molecular formula is C16H24N2O2.